The molecule has 19 heavy (non-hydrogen) atoms. The Kier molecular flexibility index (Phi) is 3.90. The van der Waals surface area contributed by atoms with Gasteiger partial charge in [-0.15, -0.1) is 0 Å². The third-order valence-corrected chi connectivity index (χ3v) is 3.88. The van der Waals surface area contributed by atoms with Crippen molar-refractivity contribution in [3.05, 3.63) is 35.4 Å². The van der Waals surface area contributed by atoms with Crippen molar-refractivity contribution in [2.24, 2.45) is 5.41 Å². The predicted octanol–water partition coefficient (Wildman–Crippen LogP) is 3.10. The zero-order valence-electron chi connectivity index (χ0n) is 11.6. The van der Waals surface area contributed by atoms with Crippen LogP contribution in [0.4, 0.5) is 0 Å². The van der Waals surface area contributed by atoms with Crippen LogP contribution >= 0.6 is 0 Å². The number of nitriles is 1. The number of rotatable bonds is 2. The number of likely N-dealkylation sites (tertiary alicyclic amines) is 1. The topological polar surface area (TPSA) is 44.1 Å². The molecule has 1 aliphatic heterocycles. The maximum absolute atomic E-state index is 12.1. The van der Waals surface area contributed by atoms with Gasteiger partial charge in [-0.25, -0.2) is 0 Å². The van der Waals surface area contributed by atoms with E-state index in [4.69, 9.17) is 5.26 Å². The van der Waals surface area contributed by atoms with Crippen LogP contribution in [0, 0.1) is 16.7 Å². The molecule has 0 spiro atoms. The first-order chi connectivity index (χ1) is 9.00. The number of hydrogen-bond acceptors (Lipinski definition) is 2. The fourth-order valence-electron chi connectivity index (χ4n) is 2.36. The SMILES string of the molecule is CC1(C)CCC(=O)N(Cc2ccc(C#N)cc2)CC1. The second kappa shape index (κ2) is 5.44. The predicted molar refractivity (Wildman–Crippen MR) is 74.2 cm³/mol. The van der Waals surface area contributed by atoms with Gasteiger partial charge in [-0.1, -0.05) is 26.0 Å². The van der Waals surface area contributed by atoms with Gasteiger partial charge in [-0.2, -0.15) is 5.26 Å². The lowest BCUT2D eigenvalue weighted by Crippen LogP contribution is -2.30. The molecule has 0 aromatic heterocycles. The molecule has 1 amide bonds. The molecule has 1 aliphatic rings. The van der Waals surface area contributed by atoms with E-state index in [9.17, 15) is 4.79 Å². The Balaban J connectivity index is 2.05. The Morgan fingerprint density at radius 1 is 1.26 bits per heavy atom. The molecule has 0 aliphatic carbocycles. The molecule has 1 fully saturated rings. The van der Waals surface area contributed by atoms with Gasteiger partial charge in [-0.3, -0.25) is 4.79 Å². The van der Waals surface area contributed by atoms with Crippen molar-refractivity contribution < 1.29 is 4.79 Å². The summed E-state index contributed by atoms with van der Waals surface area (Å²) in [5.74, 6) is 0.245. The summed E-state index contributed by atoms with van der Waals surface area (Å²) in [5, 5.41) is 8.77. The molecule has 0 N–H and O–H groups in total. The van der Waals surface area contributed by atoms with Gasteiger partial charge in [0.1, 0.15) is 0 Å². The number of carbonyl (C=O) groups excluding carboxylic acids is 1. The van der Waals surface area contributed by atoms with Gasteiger partial charge >= 0.3 is 0 Å². The van der Waals surface area contributed by atoms with E-state index >= 15 is 0 Å². The summed E-state index contributed by atoms with van der Waals surface area (Å²) in [5.41, 5.74) is 2.01. The van der Waals surface area contributed by atoms with E-state index < -0.39 is 0 Å². The van der Waals surface area contributed by atoms with Crippen LogP contribution in [0.15, 0.2) is 24.3 Å². The summed E-state index contributed by atoms with van der Waals surface area (Å²) in [6, 6.07) is 9.59. The zero-order chi connectivity index (χ0) is 13.9. The number of hydrogen-bond donors (Lipinski definition) is 0. The first-order valence-corrected chi connectivity index (χ1v) is 6.77. The number of amides is 1. The number of nitrogens with zero attached hydrogens (tertiary/aromatic N) is 2. The van der Waals surface area contributed by atoms with Crippen molar-refractivity contribution in [2.75, 3.05) is 6.54 Å². The van der Waals surface area contributed by atoms with Crippen LogP contribution in [0.25, 0.3) is 0 Å². The summed E-state index contributed by atoms with van der Waals surface area (Å²) in [7, 11) is 0. The van der Waals surface area contributed by atoms with Crippen molar-refractivity contribution in [2.45, 2.75) is 39.7 Å². The molecule has 0 saturated carbocycles. The second-order valence-electron chi connectivity index (χ2n) is 6.04. The Morgan fingerprint density at radius 2 is 1.95 bits per heavy atom. The Bertz CT molecular complexity index is 496. The molecule has 2 rings (SSSR count). The molecule has 0 radical (unpaired) electrons. The first-order valence-electron chi connectivity index (χ1n) is 6.77. The van der Waals surface area contributed by atoms with Crippen molar-refractivity contribution >= 4 is 5.91 Å². The van der Waals surface area contributed by atoms with E-state index in [0.717, 1.165) is 24.9 Å². The van der Waals surface area contributed by atoms with Gasteiger partial charge in [0.15, 0.2) is 0 Å². The van der Waals surface area contributed by atoms with E-state index in [1.165, 1.54) is 0 Å². The van der Waals surface area contributed by atoms with Gasteiger partial charge in [0.25, 0.3) is 0 Å². The lowest BCUT2D eigenvalue weighted by atomic mass is 9.85. The van der Waals surface area contributed by atoms with Crippen molar-refractivity contribution in [1.29, 1.82) is 5.26 Å². The molecule has 3 nitrogen and oxygen atoms in total. The highest BCUT2D eigenvalue weighted by Crippen LogP contribution is 2.30. The Hall–Kier alpha value is -1.82. The highest BCUT2D eigenvalue weighted by atomic mass is 16.2. The van der Waals surface area contributed by atoms with Crippen LogP contribution in [-0.4, -0.2) is 17.4 Å². The average Bonchev–Trinajstić information content (AvgIpc) is 2.53. The summed E-state index contributed by atoms with van der Waals surface area (Å²) in [6.07, 6.45) is 2.66. The standard InChI is InChI=1S/C16H20N2O/c1-16(2)8-7-15(19)18(10-9-16)12-14-5-3-13(11-17)4-6-14/h3-6H,7-10,12H2,1-2H3. The van der Waals surface area contributed by atoms with Crippen molar-refractivity contribution in [1.82, 2.24) is 4.90 Å². The number of carbonyl (C=O) groups is 1. The molecule has 1 aromatic rings. The highest BCUT2D eigenvalue weighted by molar-refractivity contribution is 5.76. The molecular weight excluding hydrogens is 236 g/mol. The van der Waals surface area contributed by atoms with E-state index in [0.29, 0.717) is 18.5 Å². The smallest absolute Gasteiger partial charge is 0.222 e. The maximum atomic E-state index is 12.1. The van der Waals surface area contributed by atoms with Gasteiger partial charge in [0.2, 0.25) is 5.91 Å². The summed E-state index contributed by atoms with van der Waals surface area (Å²) < 4.78 is 0. The molecule has 0 unspecified atom stereocenters. The van der Waals surface area contributed by atoms with E-state index in [2.05, 4.69) is 19.9 Å². The van der Waals surface area contributed by atoms with Crippen molar-refractivity contribution in [3.63, 3.8) is 0 Å². The molecule has 1 heterocycles. The molecule has 1 saturated heterocycles. The third kappa shape index (κ3) is 3.57. The van der Waals surface area contributed by atoms with E-state index in [1.54, 1.807) is 0 Å². The van der Waals surface area contributed by atoms with Crippen LogP contribution in [-0.2, 0) is 11.3 Å². The normalized spacial score (nSPS) is 18.8. The summed E-state index contributed by atoms with van der Waals surface area (Å²) in [6.45, 7) is 5.93. The van der Waals surface area contributed by atoms with E-state index in [1.807, 2.05) is 29.2 Å². The molecule has 0 atom stereocenters. The van der Waals surface area contributed by atoms with Gasteiger partial charge in [0, 0.05) is 19.5 Å². The summed E-state index contributed by atoms with van der Waals surface area (Å²) >= 11 is 0. The number of benzene rings is 1. The molecule has 0 bridgehead atoms. The maximum Gasteiger partial charge on any atom is 0.222 e. The second-order valence-corrected chi connectivity index (χ2v) is 6.04. The van der Waals surface area contributed by atoms with E-state index in [-0.39, 0.29) is 11.3 Å². The largest absolute Gasteiger partial charge is 0.338 e. The fourth-order valence-corrected chi connectivity index (χ4v) is 2.36. The quantitative estimate of drug-likeness (QED) is 0.816. The van der Waals surface area contributed by atoms with Crippen LogP contribution in [0.5, 0.6) is 0 Å². The molecular formula is C16H20N2O. The average molecular weight is 256 g/mol. The highest BCUT2D eigenvalue weighted by Gasteiger charge is 2.27. The third-order valence-electron chi connectivity index (χ3n) is 3.88. The first kappa shape index (κ1) is 13.6. The van der Waals surface area contributed by atoms with Crippen LogP contribution in [0.1, 0.15) is 44.2 Å². The van der Waals surface area contributed by atoms with Crippen LogP contribution in [0.2, 0.25) is 0 Å². The van der Waals surface area contributed by atoms with Gasteiger partial charge in [0.05, 0.1) is 11.6 Å². The molecule has 100 valence electrons. The van der Waals surface area contributed by atoms with Gasteiger partial charge in [-0.05, 0) is 36.0 Å². The van der Waals surface area contributed by atoms with Crippen molar-refractivity contribution in [3.8, 4) is 6.07 Å². The Morgan fingerprint density at radius 3 is 2.58 bits per heavy atom. The molecule has 3 heteroatoms. The monoisotopic (exact) mass is 256 g/mol. The summed E-state index contributed by atoms with van der Waals surface area (Å²) in [4.78, 5) is 14.0. The van der Waals surface area contributed by atoms with Crippen LogP contribution < -0.4 is 0 Å². The zero-order valence-corrected chi connectivity index (χ0v) is 11.6. The lowest BCUT2D eigenvalue weighted by Gasteiger charge is -2.23. The van der Waals surface area contributed by atoms with Crippen LogP contribution in [0.3, 0.4) is 0 Å². The lowest BCUT2D eigenvalue weighted by molar-refractivity contribution is -0.131. The Labute approximate surface area is 114 Å². The molecule has 1 aromatic carbocycles. The minimum atomic E-state index is 0.245. The minimum Gasteiger partial charge on any atom is -0.338 e. The minimum absolute atomic E-state index is 0.245. The van der Waals surface area contributed by atoms with Gasteiger partial charge < -0.3 is 4.90 Å². The fraction of sp³-hybridized carbons (Fsp3) is 0.500.